The van der Waals surface area contributed by atoms with E-state index in [-0.39, 0.29) is 155 Å². The summed E-state index contributed by atoms with van der Waals surface area (Å²) in [5, 5.41) is 0. The normalized spacial score (nSPS) is 24.2. The average molecular weight is 1410 g/mol. The Bertz CT molecular complexity index is 2530. The summed E-state index contributed by atoms with van der Waals surface area (Å²) in [7, 11) is 1.52. The van der Waals surface area contributed by atoms with E-state index in [1.54, 1.807) is 48.5 Å². The summed E-state index contributed by atoms with van der Waals surface area (Å²) in [6.45, 7) is 51.1. The van der Waals surface area contributed by atoms with E-state index in [1.165, 1.54) is 7.11 Å². The predicted molar refractivity (Wildman–Crippen MR) is 391 cm³/mol. The highest BCUT2D eigenvalue weighted by Crippen LogP contribution is 2.46. The minimum absolute atomic E-state index is 0. The van der Waals surface area contributed by atoms with Crippen LogP contribution < -0.4 is 0 Å². The fraction of sp³-hybridized carbons (Fsp3) is 0.870. The molecule has 0 aromatic carbocycles. The first-order valence-electron chi connectivity index (χ1n) is 32.4. The Hall–Kier alpha value is -5.34. The van der Waals surface area contributed by atoms with Crippen molar-refractivity contribution in [1.29, 1.82) is 0 Å². The molecule has 98 heavy (non-hydrogen) atoms. The van der Waals surface area contributed by atoms with Crippen LogP contribution in [0.1, 0.15) is 336 Å². The van der Waals surface area contributed by atoms with Crippen LogP contribution in [-0.2, 0) is 100 Å². The lowest BCUT2D eigenvalue weighted by Crippen LogP contribution is -2.49. The number of methoxy groups -OCH3 is 1. The molecule has 6 rings (SSSR count). The van der Waals surface area contributed by atoms with Crippen LogP contribution in [0.25, 0.3) is 0 Å². The van der Waals surface area contributed by atoms with Crippen molar-refractivity contribution in [2.45, 2.75) is 388 Å². The van der Waals surface area contributed by atoms with E-state index in [9.17, 15) is 47.9 Å². The summed E-state index contributed by atoms with van der Waals surface area (Å²) in [6.07, 6.45) is 7.84. The zero-order valence-electron chi connectivity index (χ0n) is 60.5. The molecular weight excluding hydrogens is 1260 g/mol. The van der Waals surface area contributed by atoms with Crippen molar-refractivity contribution in [2.24, 2.45) is 32.5 Å². The van der Waals surface area contributed by atoms with E-state index in [0.29, 0.717) is 38.7 Å². The Kier molecular flexibility index (Phi) is 45.4. The van der Waals surface area contributed by atoms with Crippen molar-refractivity contribution in [3.63, 3.8) is 0 Å². The molecule has 21 heteroatoms. The van der Waals surface area contributed by atoms with Gasteiger partial charge in [-0.2, -0.15) is 0 Å². The lowest BCUT2D eigenvalue weighted by atomic mass is 9.77. The molecule has 0 aliphatic carbocycles. The summed E-state index contributed by atoms with van der Waals surface area (Å²) >= 11 is 0. The first-order valence-corrected chi connectivity index (χ1v) is 32.4. The molecule has 6 aliphatic rings. The number of cyclic esters (lactones) is 6. The van der Waals surface area contributed by atoms with Crippen LogP contribution in [0.4, 0.5) is 0 Å². The fourth-order valence-corrected chi connectivity index (χ4v) is 10.1. The van der Waals surface area contributed by atoms with E-state index in [0.717, 1.165) is 38.5 Å². The predicted octanol–water partition coefficient (Wildman–Crippen LogP) is 18.0. The van der Waals surface area contributed by atoms with Crippen LogP contribution in [0, 0.1) is 32.5 Å². The van der Waals surface area contributed by atoms with Gasteiger partial charge in [-0.05, 0) is 189 Å². The minimum atomic E-state index is -1.15. The third-order valence-electron chi connectivity index (χ3n) is 19.4. The average Bonchev–Trinajstić information content (AvgIpc) is 1.62. The van der Waals surface area contributed by atoms with Crippen LogP contribution in [-0.4, -0.2) is 131 Å². The number of ether oxygens (including phenoxy) is 11. The van der Waals surface area contributed by atoms with Crippen LogP contribution in [0.5, 0.6) is 0 Å². The summed E-state index contributed by atoms with van der Waals surface area (Å²) in [4.78, 5) is 116. The quantitative estimate of drug-likeness (QED) is 0.0911. The van der Waals surface area contributed by atoms with Gasteiger partial charge in [0.15, 0.2) is 23.4 Å². The maximum absolute atomic E-state index is 12.1. The lowest BCUT2D eigenvalue weighted by molar-refractivity contribution is -0.184. The molecule has 0 N–H and O–H groups in total. The van der Waals surface area contributed by atoms with E-state index in [1.807, 2.05) is 111 Å². The van der Waals surface area contributed by atoms with Gasteiger partial charge in [-0.25, -0.2) is 4.79 Å². The molecule has 0 bridgehead atoms. The summed E-state index contributed by atoms with van der Waals surface area (Å²) in [5.41, 5.74) is -7.71. The van der Waals surface area contributed by atoms with Gasteiger partial charge in [0.25, 0.3) is 0 Å². The molecular formula is C77H150O21. The SMILES string of the molecule is C.C.C.C.C.C.C.C.CCC(C)(C)C(=O)OC1(C)CC(=O)OC1(C)C.CCC(C)(C)C(=O)OC1(C)CC(C)(C)OC1=O.CCC(C)(C)C(=O)OC1CC(=O)OC1(C)C.CCC(C)(C)C(=O)OC1CC(=O)OC1(C)COC.CCC1(CC)CC(C)(C)OC1=O.CCC1(CC)CCOC1=O. The molecule has 21 nitrogen and oxygen atoms in total. The van der Waals surface area contributed by atoms with Crippen molar-refractivity contribution in [2.75, 3.05) is 20.3 Å². The Morgan fingerprint density at radius 1 is 0.439 bits per heavy atom. The molecule has 0 spiro atoms. The smallest absolute Gasteiger partial charge is 0.351 e. The first kappa shape index (κ1) is 109. The number of hydrogen-bond donors (Lipinski definition) is 0. The van der Waals surface area contributed by atoms with Crippen LogP contribution in [0.15, 0.2) is 0 Å². The van der Waals surface area contributed by atoms with Crippen molar-refractivity contribution in [1.82, 2.24) is 0 Å². The molecule has 5 atom stereocenters. The first-order chi connectivity index (χ1) is 40.7. The second kappa shape index (κ2) is 40.9. The molecule has 6 heterocycles. The second-order valence-corrected chi connectivity index (χ2v) is 30.4. The molecule has 6 aliphatic heterocycles. The number of esters is 10. The van der Waals surface area contributed by atoms with E-state index in [4.69, 9.17) is 52.1 Å². The molecule has 584 valence electrons. The molecule has 0 radical (unpaired) electrons. The molecule has 0 amide bonds. The highest BCUT2D eigenvalue weighted by molar-refractivity contribution is 5.87. The molecule has 5 unspecified atom stereocenters. The largest absolute Gasteiger partial charge is 0.465 e. The standard InChI is InChI=1S/C13H22O5.2C13H22O4.C12H20O4.C10H18O2.C8H14O2.8CH4/c1-6-12(2,3)11(15)17-9-7-10(14)18-13(9,4)8-16-5;1-7-11(2,3)9(14)17-13(6)8-12(4,5)16-10(13)15;1-7-11(2,3)10(15)17-13(6)8-9(14)16-12(13,4)5;1-6-11(2,3)10(14)15-8-7-9(13)16-12(8,4)5;1-5-10(6-2)7-9(3,4)12-8(10)11;1-3-8(4-2)5-6-10-7(8)9;;;;;;;;/h9H,6-8H2,1-5H3;2*7-8H2,1-6H3;8H,6-7H2,1-5H3;5-7H2,1-4H3;3-6H2,1-2H3;8*1H4. The number of carbonyl (C=O) groups is 10. The van der Waals surface area contributed by atoms with E-state index in [2.05, 4.69) is 27.7 Å². The molecule has 6 saturated heterocycles. The van der Waals surface area contributed by atoms with Gasteiger partial charge in [0.1, 0.15) is 22.4 Å². The third kappa shape index (κ3) is 28.2. The van der Waals surface area contributed by atoms with Gasteiger partial charge in [0.05, 0.1) is 65.0 Å². The van der Waals surface area contributed by atoms with Crippen molar-refractivity contribution in [3.05, 3.63) is 0 Å². The third-order valence-corrected chi connectivity index (χ3v) is 19.4. The summed E-state index contributed by atoms with van der Waals surface area (Å²) < 4.78 is 57.7. The van der Waals surface area contributed by atoms with Gasteiger partial charge < -0.3 is 52.1 Å². The topological polar surface area (TPSA) is 272 Å². The van der Waals surface area contributed by atoms with Gasteiger partial charge in [-0.3, -0.25) is 43.2 Å². The monoisotopic (exact) mass is 1410 g/mol. The number of hydrogen-bond acceptors (Lipinski definition) is 21. The zero-order valence-corrected chi connectivity index (χ0v) is 60.5. The van der Waals surface area contributed by atoms with Crippen LogP contribution >= 0.6 is 0 Å². The van der Waals surface area contributed by atoms with E-state index < -0.39 is 73.4 Å². The van der Waals surface area contributed by atoms with Crippen molar-refractivity contribution in [3.8, 4) is 0 Å². The highest BCUT2D eigenvalue weighted by Gasteiger charge is 2.57. The van der Waals surface area contributed by atoms with Crippen LogP contribution in [0.3, 0.4) is 0 Å². The maximum Gasteiger partial charge on any atom is 0.351 e. The molecule has 0 aromatic heterocycles. The highest BCUT2D eigenvalue weighted by atomic mass is 16.6. The lowest BCUT2D eigenvalue weighted by Gasteiger charge is -2.36. The number of rotatable bonds is 18. The minimum Gasteiger partial charge on any atom is -0.465 e. The van der Waals surface area contributed by atoms with E-state index >= 15 is 0 Å². The number of carbonyl (C=O) groups excluding carboxylic acids is 10. The second-order valence-electron chi connectivity index (χ2n) is 30.4. The van der Waals surface area contributed by atoms with Crippen LogP contribution in [0.2, 0.25) is 0 Å². The van der Waals surface area contributed by atoms with Crippen molar-refractivity contribution >= 4 is 59.7 Å². The van der Waals surface area contributed by atoms with Gasteiger partial charge in [-0.1, -0.05) is 115 Å². The van der Waals surface area contributed by atoms with Gasteiger partial charge in [-0.15, -0.1) is 0 Å². The molecule has 0 saturated carbocycles. The fourth-order valence-electron chi connectivity index (χ4n) is 10.1. The Morgan fingerprint density at radius 3 is 1.09 bits per heavy atom. The van der Waals surface area contributed by atoms with Crippen molar-refractivity contribution < 1.29 is 100 Å². The summed E-state index contributed by atoms with van der Waals surface area (Å²) in [6, 6.07) is 0. The van der Waals surface area contributed by atoms with Gasteiger partial charge in [0.2, 0.25) is 5.60 Å². The van der Waals surface area contributed by atoms with Gasteiger partial charge in [0, 0.05) is 20.0 Å². The Morgan fingerprint density at radius 2 is 0.806 bits per heavy atom. The molecule has 0 aromatic rings. The maximum atomic E-state index is 12.1. The summed E-state index contributed by atoms with van der Waals surface area (Å²) in [5.74, 6) is -2.65. The molecule has 6 fully saturated rings. The zero-order chi connectivity index (χ0) is 70.5. The Balaban J connectivity index is -0.000000164. The Labute approximate surface area is 597 Å². The van der Waals surface area contributed by atoms with Gasteiger partial charge >= 0.3 is 59.7 Å².